The maximum atomic E-state index is 6.02. The summed E-state index contributed by atoms with van der Waals surface area (Å²) in [6.45, 7) is 2.71. The van der Waals surface area contributed by atoms with Gasteiger partial charge in [-0.1, -0.05) is 6.07 Å². The SMILES string of the molecule is Cc1ccc(C(N)C2=CCCO2)cn1. The summed E-state index contributed by atoms with van der Waals surface area (Å²) < 4.78 is 5.41. The molecule has 0 amide bonds. The first-order valence-corrected chi connectivity index (χ1v) is 4.78. The molecule has 2 N–H and O–H groups in total. The number of rotatable bonds is 2. The molecule has 0 saturated carbocycles. The normalized spacial score (nSPS) is 17.4. The molecule has 1 aliphatic heterocycles. The number of ether oxygens (including phenoxy) is 1. The minimum Gasteiger partial charge on any atom is -0.496 e. The van der Waals surface area contributed by atoms with E-state index in [9.17, 15) is 0 Å². The minimum atomic E-state index is -0.161. The fourth-order valence-electron chi connectivity index (χ4n) is 1.48. The Labute approximate surface area is 83.6 Å². The van der Waals surface area contributed by atoms with Gasteiger partial charge in [0, 0.05) is 18.3 Å². The van der Waals surface area contributed by atoms with Crippen molar-refractivity contribution in [2.45, 2.75) is 19.4 Å². The summed E-state index contributed by atoms with van der Waals surface area (Å²) in [6, 6.07) is 3.80. The molecule has 1 atom stereocenters. The zero-order valence-electron chi connectivity index (χ0n) is 8.23. The Balaban J connectivity index is 2.18. The highest BCUT2D eigenvalue weighted by Crippen LogP contribution is 2.23. The lowest BCUT2D eigenvalue weighted by Gasteiger charge is -2.13. The molecule has 1 aromatic heterocycles. The van der Waals surface area contributed by atoms with E-state index in [4.69, 9.17) is 10.5 Å². The van der Waals surface area contributed by atoms with Gasteiger partial charge in [-0.25, -0.2) is 0 Å². The number of hydrogen-bond donors (Lipinski definition) is 1. The first-order chi connectivity index (χ1) is 6.77. The summed E-state index contributed by atoms with van der Waals surface area (Å²) in [5.74, 6) is 0.871. The summed E-state index contributed by atoms with van der Waals surface area (Å²) in [6.07, 6.45) is 4.81. The van der Waals surface area contributed by atoms with Crippen molar-refractivity contribution >= 4 is 0 Å². The fraction of sp³-hybridized carbons (Fsp3) is 0.364. The Morgan fingerprint density at radius 1 is 1.50 bits per heavy atom. The lowest BCUT2D eigenvalue weighted by atomic mass is 10.1. The maximum absolute atomic E-state index is 6.02. The van der Waals surface area contributed by atoms with Crippen LogP contribution in [0.5, 0.6) is 0 Å². The van der Waals surface area contributed by atoms with E-state index in [0.29, 0.717) is 0 Å². The quantitative estimate of drug-likeness (QED) is 0.772. The third-order valence-electron chi connectivity index (χ3n) is 2.33. The van der Waals surface area contributed by atoms with Crippen molar-refractivity contribution in [3.63, 3.8) is 0 Å². The molecule has 3 heteroatoms. The Kier molecular flexibility index (Phi) is 2.50. The van der Waals surface area contributed by atoms with Gasteiger partial charge in [0.1, 0.15) is 5.76 Å². The largest absolute Gasteiger partial charge is 0.496 e. The predicted molar refractivity (Wildman–Crippen MR) is 54.6 cm³/mol. The second-order valence-electron chi connectivity index (χ2n) is 3.45. The summed E-state index contributed by atoms with van der Waals surface area (Å²) in [4.78, 5) is 4.21. The van der Waals surface area contributed by atoms with E-state index >= 15 is 0 Å². The van der Waals surface area contributed by atoms with Crippen LogP contribution in [0.2, 0.25) is 0 Å². The molecule has 0 fully saturated rings. The number of nitrogens with two attached hydrogens (primary N) is 1. The number of hydrogen-bond acceptors (Lipinski definition) is 3. The van der Waals surface area contributed by atoms with E-state index in [1.54, 1.807) is 0 Å². The van der Waals surface area contributed by atoms with Crippen molar-refractivity contribution < 1.29 is 4.74 Å². The molecular weight excluding hydrogens is 176 g/mol. The smallest absolute Gasteiger partial charge is 0.113 e. The number of aryl methyl sites for hydroxylation is 1. The van der Waals surface area contributed by atoms with Gasteiger partial charge >= 0.3 is 0 Å². The number of pyridine rings is 1. The predicted octanol–water partition coefficient (Wildman–Crippen LogP) is 1.69. The highest BCUT2D eigenvalue weighted by atomic mass is 16.5. The number of nitrogens with zero attached hydrogens (tertiary/aromatic N) is 1. The van der Waals surface area contributed by atoms with Crippen molar-refractivity contribution in [3.8, 4) is 0 Å². The highest BCUT2D eigenvalue weighted by Gasteiger charge is 2.16. The van der Waals surface area contributed by atoms with E-state index in [-0.39, 0.29) is 6.04 Å². The van der Waals surface area contributed by atoms with Gasteiger partial charge in [0.25, 0.3) is 0 Å². The van der Waals surface area contributed by atoms with E-state index in [1.807, 2.05) is 31.3 Å². The van der Waals surface area contributed by atoms with E-state index < -0.39 is 0 Å². The highest BCUT2D eigenvalue weighted by molar-refractivity contribution is 5.24. The van der Waals surface area contributed by atoms with Crippen molar-refractivity contribution in [1.29, 1.82) is 0 Å². The molecule has 1 aromatic rings. The van der Waals surface area contributed by atoms with Crippen LogP contribution in [-0.4, -0.2) is 11.6 Å². The zero-order chi connectivity index (χ0) is 9.97. The van der Waals surface area contributed by atoms with Crippen LogP contribution >= 0.6 is 0 Å². The van der Waals surface area contributed by atoms with Crippen LogP contribution in [0, 0.1) is 6.92 Å². The van der Waals surface area contributed by atoms with Crippen LogP contribution in [0.4, 0.5) is 0 Å². The van der Waals surface area contributed by atoms with E-state index in [1.165, 1.54) is 0 Å². The summed E-state index contributed by atoms with van der Waals surface area (Å²) in [5, 5.41) is 0. The van der Waals surface area contributed by atoms with Crippen molar-refractivity contribution in [1.82, 2.24) is 4.98 Å². The fourth-order valence-corrected chi connectivity index (χ4v) is 1.48. The minimum absolute atomic E-state index is 0.161. The summed E-state index contributed by atoms with van der Waals surface area (Å²) in [5.41, 5.74) is 8.02. The molecule has 0 spiro atoms. The summed E-state index contributed by atoms with van der Waals surface area (Å²) in [7, 11) is 0. The molecule has 0 radical (unpaired) electrons. The van der Waals surface area contributed by atoms with Crippen LogP contribution in [0.3, 0.4) is 0 Å². The average molecular weight is 190 g/mol. The Morgan fingerprint density at radius 2 is 2.36 bits per heavy atom. The third-order valence-corrected chi connectivity index (χ3v) is 2.33. The number of aromatic nitrogens is 1. The second-order valence-corrected chi connectivity index (χ2v) is 3.45. The maximum Gasteiger partial charge on any atom is 0.113 e. The van der Waals surface area contributed by atoms with Crippen LogP contribution in [0.25, 0.3) is 0 Å². The van der Waals surface area contributed by atoms with Gasteiger partial charge in [0.05, 0.1) is 12.6 Å². The molecular formula is C11H14N2O. The monoisotopic (exact) mass is 190 g/mol. The second kappa shape index (κ2) is 3.80. The van der Waals surface area contributed by atoms with Gasteiger partial charge in [-0.05, 0) is 24.6 Å². The topological polar surface area (TPSA) is 48.1 Å². The van der Waals surface area contributed by atoms with E-state index in [2.05, 4.69) is 4.98 Å². The van der Waals surface area contributed by atoms with Crippen molar-refractivity contribution in [2.24, 2.45) is 5.73 Å². The molecule has 2 heterocycles. The van der Waals surface area contributed by atoms with Gasteiger partial charge in [0.2, 0.25) is 0 Å². The van der Waals surface area contributed by atoms with Crippen LogP contribution in [0.15, 0.2) is 30.2 Å². The van der Waals surface area contributed by atoms with Gasteiger partial charge in [-0.15, -0.1) is 0 Å². The zero-order valence-corrected chi connectivity index (χ0v) is 8.23. The first-order valence-electron chi connectivity index (χ1n) is 4.78. The third kappa shape index (κ3) is 1.77. The lowest BCUT2D eigenvalue weighted by Crippen LogP contribution is -2.13. The van der Waals surface area contributed by atoms with Crippen LogP contribution < -0.4 is 5.73 Å². The summed E-state index contributed by atoms with van der Waals surface area (Å²) >= 11 is 0. The first kappa shape index (κ1) is 9.21. The van der Waals surface area contributed by atoms with Gasteiger partial charge in [-0.2, -0.15) is 0 Å². The Morgan fingerprint density at radius 3 is 2.93 bits per heavy atom. The van der Waals surface area contributed by atoms with Gasteiger partial charge in [-0.3, -0.25) is 4.98 Å². The standard InChI is InChI=1S/C11H14N2O/c1-8-4-5-9(7-13-8)11(12)10-3-2-6-14-10/h3-5,7,11H,2,6,12H2,1H3. The lowest BCUT2D eigenvalue weighted by molar-refractivity contribution is 0.225. The van der Waals surface area contributed by atoms with Gasteiger partial charge in [0.15, 0.2) is 0 Å². The Bertz CT molecular complexity index is 343. The molecule has 0 saturated heterocycles. The molecule has 2 rings (SSSR count). The molecule has 14 heavy (non-hydrogen) atoms. The molecule has 3 nitrogen and oxygen atoms in total. The molecule has 0 aromatic carbocycles. The average Bonchev–Trinajstić information content (AvgIpc) is 2.71. The molecule has 1 unspecified atom stereocenters. The molecule has 0 aliphatic carbocycles. The van der Waals surface area contributed by atoms with Crippen LogP contribution in [0.1, 0.15) is 23.7 Å². The molecule has 74 valence electrons. The van der Waals surface area contributed by atoms with Gasteiger partial charge < -0.3 is 10.5 Å². The molecule has 1 aliphatic rings. The van der Waals surface area contributed by atoms with Crippen LogP contribution in [-0.2, 0) is 4.74 Å². The molecule has 0 bridgehead atoms. The van der Waals surface area contributed by atoms with Crippen molar-refractivity contribution in [2.75, 3.05) is 6.61 Å². The Hall–Kier alpha value is -1.35. The van der Waals surface area contributed by atoms with E-state index in [0.717, 1.165) is 30.0 Å². The van der Waals surface area contributed by atoms with Crippen molar-refractivity contribution in [3.05, 3.63) is 41.4 Å².